The first-order chi connectivity index (χ1) is 8.67. The smallest absolute Gasteiger partial charge is 0.315 e. The molecule has 1 spiro atoms. The highest BCUT2D eigenvalue weighted by molar-refractivity contribution is 7.99. The normalized spacial score (nSPS) is 27.8. The van der Waals surface area contributed by atoms with E-state index in [9.17, 15) is 4.57 Å². The van der Waals surface area contributed by atoms with Crippen molar-refractivity contribution in [1.29, 1.82) is 0 Å². The van der Waals surface area contributed by atoms with E-state index in [-0.39, 0.29) is 11.1 Å². The van der Waals surface area contributed by atoms with Gasteiger partial charge >= 0.3 is 7.60 Å². The van der Waals surface area contributed by atoms with Crippen LogP contribution in [0.4, 0.5) is 0 Å². The first-order valence-electron chi connectivity index (χ1n) is 6.84. The Bertz CT molecular complexity index is 310. The summed E-state index contributed by atoms with van der Waals surface area (Å²) in [5.74, 6) is 2.33. The number of nitrogens with one attached hydrogen (secondary N) is 1. The molecular weight excluding hydrogens is 269 g/mol. The summed E-state index contributed by atoms with van der Waals surface area (Å²) in [6.07, 6.45) is 2.25. The van der Waals surface area contributed by atoms with Gasteiger partial charge in [-0.3, -0.25) is 4.57 Å². The maximum absolute atomic E-state index is 13.0. The van der Waals surface area contributed by atoms with Crippen LogP contribution in [-0.4, -0.2) is 43.5 Å². The molecular formula is C12H24NO3PS. The fraction of sp³-hybridized carbons (Fsp3) is 1.00. The molecule has 4 nitrogen and oxygen atoms in total. The van der Waals surface area contributed by atoms with E-state index in [1.807, 2.05) is 25.6 Å². The van der Waals surface area contributed by atoms with E-state index in [2.05, 4.69) is 5.32 Å². The number of hydrogen-bond acceptors (Lipinski definition) is 5. The minimum absolute atomic E-state index is 0.0331. The van der Waals surface area contributed by atoms with Crippen LogP contribution >= 0.6 is 19.4 Å². The van der Waals surface area contributed by atoms with Crippen molar-refractivity contribution in [2.45, 2.75) is 32.3 Å². The lowest BCUT2D eigenvalue weighted by Crippen LogP contribution is -2.38. The second-order valence-electron chi connectivity index (χ2n) is 5.00. The summed E-state index contributed by atoms with van der Waals surface area (Å²) in [4.78, 5) is 0. The van der Waals surface area contributed by atoms with E-state index in [1.165, 1.54) is 0 Å². The van der Waals surface area contributed by atoms with Gasteiger partial charge in [-0.25, -0.2) is 0 Å². The first-order valence-corrected chi connectivity index (χ1v) is 9.61. The molecule has 18 heavy (non-hydrogen) atoms. The van der Waals surface area contributed by atoms with Crippen molar-refractivity contribution in [2.75, 3.05) is 37.8 Å². The van der Waals surface area contributed by atoms with Crippen LogP contribution in [0.1, 0.15) is 26.7 Å². The Morgan fingerprint density at radius 2 is 1.89 bits per heavy atom. The third-order valence-electron chi connectivity index (χ3n) is 4.01. The van der Waals surface area contributed by atoms with Crippen LogP contribution in [0.2, 0.25) is 0 Å². The molecule has 0 aliphatic carbocycles. The number of thioether (sulfide) groups is 1. The highest BCUT2D eigenvalue weighted by atomic mass is 32.2. The third-order valence-corrected chi connectivity index (χ3v) is 7.73. The van der Waals surface area contributed by atoms with Gasteiger partial charge in [0.15, 0.2) is 0 Å². The largest absolute Gasteiger partial charge is 0.335 e. The van der Waals surface area contributed by atoms with E-state index in [0.29, 0.717) is 13.2 Å². The van der Waals surface area contributed by atoms with Crippen LogP contribution in [0, 0.1) is 5.41 Å². The molecule has 1 N–H and O–H groups in total. The van der Waals surface area contributed by atoms with Crippen molar-refractivity contribution < 1.29 is 13.6 Å². The van der Waals surface area contributed by atoms with Gasteiger partial charge in [0.1, 0.15) is 0 Å². The highest BCUT2D eigenvalue weighted by Crippen LogP contribution is 2.62. The minimum atomic E-state index is -2.97. The maximum atomic E-state index is 13.0. The van der Waals surface area contributed by atoms with Crippen LogP contribution in [0.3, 0.4) is 0 Å². The Kier molecular flexibility index (Phi) is 5.18. The van der Waals surface area contributed by atoms with Crippen LogP contribution in [0.25, 0.3) is 0 Å². The Morgan fingerprint density at radius 1 is 1.28 bits per heavy atom. The molecule has 0 amide bonds. The van der Waals surface area contributed by atoms with Crippen molar-refractivity contribution in [3.8, 4) is 0 Å². The molecule has 2 aliphatic heterocycles. The van der Waals surface area contributed by atoms with Gasteiger partial charge in [0.25, 0.3) is 0 Å². The Morgan fingerprint density at radius 3 is 2.44 bits per heavy atom. The summed E-state index contributed by atoms with van der Waals surface area (Å²) >= 11 is 2.00. The zero-order valence-electron chi connectivity index (χ0n) is 11.3. The molecule has 1 unspecified atom stereocenters. The lowest BCUT2D eigenvalue weighted by molar-refractivity contribution is 0.186. The molecule has 0 aromatic carbocycles. The van der Waals surface area contributed by atoms with Gasteiger partial charge in [0, 0.05) is 13.1 Å². The summed E-state index contributed by atoms with van der Waals surface area (Å²) in [6.45, 7) is 6.41. The van der Waals surface area contributed by atoms with Gasteiger partial charge in [0.05, 0.1) is 18.9 Å². The standard InChI is InChI=1S/C12H24NO3PS/c1-3-15-17(14,16-4-2)11-9-13-10-12(11)5-7-18-8-6-12/h11,13H,3-10H2,1-2H3. The summed E-state index contributed by atoms with van der Waals surface area (Å²) in [7, 11) is -2.97. The Labute approximate surface area is 114 Å². The van der Waals surface area contributed by atoms with Crippen LogP contribution in [-0.2, 0) is 13.6 Å². The lowest BCUT2D eigenvalue weighted by atomic mass is 9.81. The van der Waals surface area contributed by atoms with Gasteiger partial charge in [-0.1, -0.05) is 0 Å². The summed E-state index contributed by atoms with van der Waals surface area (Å²) < 4.78 is 24.1. The Hall–Kier alpha value is 0.460. The van der Waals surface area contributed by atoms with Gasteiger partial charge in [0.2, 0.25) is 0 Å². The monoisotopic (exact) mass is 293 g/mol. The average molecular weight is 293 g/mol. The zero-order chi connectivity index (χ0) is 13.1. The van der Waals surface area contributed by atoms with Gasteiger partial charge < -0.3 is 14.4 Å². The molecule has 2 aliphatic rings. The quantitative estimate of drug-likeness (QED) is 0.790. The highest BCUT2D eigenvalue weighted by Gasteiger charge is 2.53. The van der Waals surface area contributed by atoms with Crippen molar-refractivity contribution in [3.63, 3.8) is 0 Å². The topological polar surface area (TPSA) is 47.6 Å². The summed E-state index contributed by atoms with van der Waals surface area (Å²) in [5, 5.41) is 3.41. The molecule has 1 atom stereocenters. The molecule has 6 heteroatoms. The average Bonchev–Trinajstić information content (AvgIpc) is 2.75. The first kappa shape index (κ1) is 14.9. The van der Waals surface area contributed by atoms with Crippen molar-refractivity contribution in [2.24, 2.45) is 5.41 Å². The molecule has 2 fully saturated rings. The third kappa shape index (κ3) is 2.80. The lowest BCUT2D eigenvalue weighted by Gasteiger charge is -2.40. The van der Waals surface area contributed by atoms with E-state index in [4.69, 9.17) is 9.05 Å². The predicted molar refractivity (Wildman–Crippen MR) is 76.5 cm³/mol. The molecule has 2 saturated heterocycles. The van der Waals surface area contributed by atoms with Crippen LogP contribution < -0.4 is 5.32 Å². The van der Waals surface area contributed by atoms with Crippen molar-refractivity contribution in [1.82, 2.24) is 5.32 Å². The van der Waals surface area contributed by atoms with Crippen molar-refractivity contribution >= 4 is 19.4 Å². The fourth-order valence-electron chi connectivity index (χ4n) is 3.10. The minimum Gasteiger partial charge on any atom is -0.315 e. The fourth-order valence-corrected chi connectivity index (χ4v) is 6.94. The van der Waals surface area contributed by atoms with E-state index in [0.717, 1.165) is 37.4 Å². The SMILES string of the molecule is CCOP(=O)(OCC)C1CNCC12CCSCC2. The van der Waals surface area contributed by atoms with Gasteiger partial charge in [-0.05, 0) is 43.6 Å². The van der Waals surface area contributed by atoms with Gasteiger partial charge in [-0.15, -0.1) is 0 Å². The molecule has 0 saturated carbocycles. The van der Waals surface area contributed by atoms with Crippen LogP contribution in [0.5, 0.6) is 0 Å². The molecule has 0 bridgehead atoms. The maximum Gasteiger partial charge on any atom is 0.335 e. The summed E-state index contributed by atoms with van der Waals surface area (Å²) in [6, 6.07) is 0. The van der Waals surface area contributed by atoms with Crippen LogP contribution in [0.15, 0.2) is 0 Å². The van der Waals surface area contributed by atoms with E-state index in [1.54, 1.807) is 0 Å². The molecule has 0 aromatic rings. The molecule has 0 radical (unpaired) electrons. The Balaban J connectivity index is 2.20. The van der Waals surface area contributed by atoms with E-state index >= 15 is 0 Å². The van der Waals surface area contributed by atoms with Crippen molar-refractivity contribution in [3.05, 3.63) is 0 Å². The number of hydrogen-bond donors (Lipinski definition) is 1. The second-order valence-corrected chi connectivity index (χ2v) is 8.44. The number of rotatable bonds is 5. The summed E-state index contributed by atoms with van der Waals surface area (Å²) in [5.41, 5.74) is 0.163. The zero-order valence-corrected chi connectivity index (χ0v) is 13.0. The van der Waals surface area contributed by atoms with E-state index < -0.39 is 7.60 Å². The predicted octanol–water partition coefficient (Wildman–Crippen LogP) is 2.74. The molecule has 0 aromatic heterocycles. The molecule has 2 rings (SSSR count). The molecule has 2 heterocycles. The second kappa shape index (κ2) is 6.27. The van der Waals surface area contributed by atoms with Gasteiger partial charge in [-0.2, -0.15) is 11.8 Å². The molecule has 106 valence electrons.